The molecule has 2 aliphatic heterocycles. The molecule has 210 valence electrons. The van der Waals surface area contributed by atoms with Crippen molar-refractivity contribution in [3.63, 3.8) is 0 Å². The molecule has 2 aromatic heterocycles. The van der Waals surface area contributed by atoms with Gasteiger partial charge in [0.15, 0.2) is 0 Å². The molecule has 1 fully saturated rings. The lowest BCUT2D eigenvalue weighted by Gasteiger charge is -2.34. The highest BCUT2D eigenvalue weighted by molar-refractivity contribution is 6.03. The van der Waals surface area contributed by atoms with Crippen molar-refractivity contribution >= 4 is 29.4 Å². The molecular weight excluding hydrogens is 517 g/mol. The van der Waals surface area contributed by atoms with Crippen LogP contribution in [0.25, 0.3) is 11.3 Å². The van der Waals surface area contributed by atoms with Crippen LogP contribution in [0, 0.1) is 5.82 Å². The molecule has 1 unspecified atom stereocenters. The molecule has 3 aromatic rings. The number of hydrogen-bond donors (Lipinski definition) is 2. The molecule has 0 aliphatic carbocycles. The van der Waals surface area contributed by atoms with Crippen molar-refractivity contribution in [2.45, 2.75) is 39.3 Å². The van der Waals surface area contributed by atoms with Crippen molar-refractivity contribution < 1.29 is 23.5 Å². The van der Waals surface area contributed by atoms with Gasteiger partial charge in [-0.1, -0.05) is 12.1 Å². The van der Waals surface area contributed by atoms with Crippen molar-refractivity contribution in [3.05, 3.63) is 54.0 Å². The number of nitrogens with zero attached hydrogens (tertiary/aromatic N) is 5. The summed E-state index contributed by atoms with van der Waals surface area (Å²) in [6.45, 7) is 10.0. The normalized spacial score (nSPS) is 18.4. The highest BCUT2D eigenvalue weighted by Crippen LogP contribution is 2.37. The Kier molecular flexibility index (Phi) is 7.53. The Morgan fingerprint density at radius 2 is 2.02 bits per heavy atom. The van der Waals surface area contributed by atoms with Crippen LogP contribution in [-0.2, 0) is 4.74 Å². The van der Waals surface area contributed by atoms with Crippen molar-refractivity contribution in [2.24, 2.45) is 0 Å². The van der Waals surface area contributed by atoms with E-state index < -0.39 is 17.4 Å². The second-order valence-electron chi connectivity index (χ2n) is 10.3. The number of carbonyl (C=O) groups is 2. The first-order valence-electron chi connectivity index (χ1n) is 13.2. The van der Waals surface area contributed by atoms with Gasteiger partial charge in [0.1, 0.15) is 22.8 Å². The standard InChI is InChI=1S/C28H32FN7O4/c1-5-35-16-28(3,4)40-24-22(25(35)37)23(33-26(34-24)36-12-13-39-15-17(36)2)18-9-10-20(19(29)14-18)31-27(38)32-21-8-6-7-11-30-21/h6-11,14,17H,5,12-13,15-16H2,1-4H3,(H2,30,31,32,38). The maximum Gasteiger partial charge on any atom is 0.324 e. The lowest BCUT2D eigenvalue weighted by Crippen LogP contribution is -2.44. The quantitative estimate of drug-likeness (QED) is 0.486. The molecule has 2 N–H and O–H groups in total. The number of ether oxygens (including phenoxy) is 2. The fraction of sp³-hybridized carbons (Fsp3) is 0.393. The molecule has 1 atom stereocenters. The van der Waals surface area contributed by atoms with Gasteiger partial charge >= 0.3 is 6.03 Å². The summed E-state index contributed by atoms with van der Waals surface area (Å²) in [7, 11) is 0. The second-order valence-corrected chi connectivity index (χ2v) is 10.3. The van der Waals surface area contributed by atoms with Crippen LogP contribution in [0.2, 0.25) is 0 Å². The largest absolute Gasteiger partial charge is 0.469 e. The van der Waals surface area contributed by atoms with Crippen LogP contribution in [0.5, 0.6) is 5.88 Å². The minimum atomic E-state index is -0.712. The van der Waals surface area contributed by atoms with E-state index in [4.69, 9.17) is 19.4 Å². The monoisotopic (exact) mass is 549 g/mol. The first kappa shape index (κ1) is 27.3. The number of aromatic nitrogens is 3. The number of rotatable bonds is 5. The number of pyridine rings is 1. The fourth-order valence-corrected chi connectivity index (χ4v) is 4.77. The molecule has 0 spiro atoms. The van der Waals surface area contributed by atoms with Gasteiger partial charge in [-0.2, -0.15) is 4.98 Å². The van der Waals surface area contributed by atoms with Gasteiger partial charge in [0.2, 0.25) is 11.8 Å². The molecule has 0 radical (unpaired) electrons. The predicted octanol–water partition coefficient (Wildman–Crippen LogP) is 4.18. The Bertz CT molecular complexity index is 1420. The van der Waals surface area contributed by atoms with Crippen LogP contribution >= 0.6 is 0 Å². The van der Waals surface area contributed by atoms with E-state index in [-0.39, 0.29) is 34.8 Å². The van der Waals surface area contributed by atoms with Gasteiger partial charge in [-0.3, -0.25) is 10.1 Å². The molecule has 12 heteroatoms. The van der Waals surface area contributed by atoms with E-state index in [1.54, 1.807) is 29.2 Å². The number of nitrogens with one attached hydrogen (secondary N) is 2. The molecule has 0 saturated carbocycles. The highest BCUT2D eigenvalue weighted by Gasteiger charge is 2.38. The maximum atomic E-state index is 15.4. The zero-order valence-corrected chi connectivity index (χ0v) is 22.9. The number of amides is 3. The van der Waals surface area contributed by atoms with Gasteiger partial charge in [-0.15, -0.1) is 0 Å². The lowest BCUT2D eigenvalue weighted by atomic mass is 10.0. The second kappa shape index (κ2) is 11.0. The molecule has 1 aromatic carbocycles. The molecule has 40 heavy (non-hydrogen) atoms. The Labute approximate surface area is 231 Å². The molecule has 1 saturated heterocycles. The number of benzene rings is 1. The minimum absolute atomic E-state index is 0.0118. The topological polar surface area (TPSA) is 122 Å². The van der Waals surface area contributed by atoms with Crippen LogP contribution in [0.4, 0.5) is 26.6 Å². The third-order valence-electron chi connectivity index (χ3n) is 6.71. The average Bonchev–Trinajstić information content (AvgIpc) is 3.02. The fourth-order valence-electron chi connectivity index (χ4n) is 4.77. The van der Waals surface area contributed by atoms with E-state index in [0.717, 1.165) is 0 Å². The molecule has 0 bridgehead atoms. The van der Waals surface area contributed by atoms with E-state index in [0.29, 0.717) is 50.2 Å². The van der Waals surface area contributed by atoms with Gasteiger partial charge in [-0.25, -0.2) is 19.2 Å². The predicted molar refractivity (Wildman–Crippen MR) is 148 cm³/mol. The minimum Gasteiger partial charge on any atom is -0.469 e. The van der Waals surface area contributed by atoms with Gasteiger partial charge < -0.3 is 24.6 Å². The number of fused-ring (bicyclic) bond motifs is 1. The van der Waals surface area contributed by atoms with Crippen LogP contribution in [0.3, 0.4) is 0 Å². The number of carbonyl (C=O) groups excluding carboxylic acids is 2. The Morgan fingerprint density at radius 3 is 2.73 bits per heavy atom. The molecule has 11 nitrogen and oxygen atoms in total. The van der Waals surface area contributed by atoms with Gasteiger partial charge in [-0.05, 0) is 52.0 Å². The number of morpholine rings is 1. The van der Waals surface area contributed by atoms with Crippen LogP contribution < -0.4 is 20.3 Å². The maximum absolute atomic E-state index is 15.4. The molecule has 5 rings (SSSR count). The summed E-state index contributed by atoms with van der Waals surface area (Å²) in [5.74, 6) is -0.140. The Balaban J connectivity index is 1.55. The Hall–Kier alpha value is -4.32. The summed E-state index contributed by atoms with van der Waals surface area (Å²) >= 11 is 0. The molecular formula is C28H32FN7O4. The lowest BCUT2D eigenvalue weighted by molar-refractivity contribution is 0.0541. The number of halogens is 1. The van der Waals surface area contributed by atoms with Crippen molar-refractivity contribution in [2.75, 3.05) is 48.4 Å². The Morgan fingerprint density at radius 1 is 1.20 bits per heavy atom. The highest BCUT2D eigenvalue weighted by atomic mass is 19.1. The zero-order chi connectivity index (χ0) is 28.4. The van der Waals surface area contributed by atoms with Crippen LogP contribution in [0.1, 0.15) is 38.1 Å². The van der Waals surface area contributed by atoms with Gasteiger partial charge in [0, 0.05) is 24.8 Å². The summed E-state index contributed by atoms with van der Waals surface area (Å²) in [6.07, 6.45) is 1.54. The average molecular weight is 550 g/mol. The van der Waals surface area contributed by atoms with E-state index in [9.17, 15) is 9.59 Å². The summed E-state index contributed by atoms with van der Waals surface area (Å²) < 4.78 is 27.3. The van der Waals surface area contributed by atoms with E-state index in [2.05, 4.69) is 15.6 Å². The van der Waals surface area contributed by atoms with Crippen molar-refractivity contribution in [1.29, 1.82) is 0 Å². The smallest absolute Gasteiger partial charge is 0.324 e. The summed E-state index contributed by atoms with van der Waals surface area (Å²) in [4.78, 5) is 43.3. The zero-order valence-electron chi connectivity index (χ0n) is 22.9. The summed E-state index contributed by atoms with van der Waals surface area (Å²) in [6, 6.07) is 8.68. The summed E-state index contributed by atoms with van der Waals surface area (Å²) in [5.41, 5.74) is 0.0180. The van der Waals surface area contributed by atoms with Gasteiger partial charge in [0.05, 0.1) is 37.2 Å². The number of likely N-dealkylation sites (N-methyl/N-ethyl adjacent to an activating group) is 1. The van der Waals surface area contributed by atoms with Gasteiger partial charge in [0.25, 0.3) is 5.91 Å². The number of hydrogen-bond acceptors (Lipinski definition) is 8. The number of urea groups is 1. The SMILES string of the molecule is CCN1CC(C)(C)Oc2nc(N3CCOCC3C)nc(-c3ccc(NC(=O)Nc4ccccn4)c(F)c3)c2C1=O. The summed E-state index contributed by atoms with van der Waals surface area (Å²) in [5, 5.41) is 5.05. The van der Waals surface area contributed by atoms with Crippen molar-refractivity contribution in [3.8, 4) is 17.1 Å². The first-order chi connectivity index (χ1) is 19.1. The first-order valence-corrected chi connectivity index (χ1v) is 13.2. The third kappa shape index (κ3) is 5.67. The van der Waals surface area contributed by atoms with Crippen LogP contribution in [0.15, 0.2) is 42.6 Å². The van der Waals surface area contributed by atoms with Crippen molar-refractivity contribution in [1.82, 2.24) is 19.9 Å². The number of anilines is 3. The molecule has 4 heterocycles. The van der Waals surface area contributed by atoms with E-state index in [1.807, 2.05) is 32.6 Å². The molecule has 3 amide bonds. The molecule has 2 aliphatic rings. The van der Waals surface area contributed by atoms with E-state index in [1.165, 1.54) is 18.3 Å². The third-order valence-corrected chi connectivity index (χ3v) is 6.71. The van der Waals surface area contributed by atoms with E-state index >= 15 is 4.39 Å². The van der Waals surface area contributed by atoms with Crippen LogP contribution in [-0.4, -0.2) is 76.3 Å².